The average Bonchev–Trinajstić information content (AvgIpc) is 2.88. The third-order valence-corrected chi connectivity index (χ3v) is 2.08. The van der Waals surface area contributed by atoms with Crippen molar-refractivity contribution >= 4 is 5.69 Å². The van der Waals surface area contributed by atoms with Gasteiger partial charge in [-0.3, -0.25) is 0 Å². The molecule has 1 aromatic carbocycles. The van der Waals surface area contributed by atoms with Gasteiger partial charge in [0.2, 0.25) is 0 Å². The zero-order chi connectivity index (χ0) is 11.9. The molecule has 0 aliphatic rings. The van der Waals surface area contributed by atoms with Crippen molar-refractivity contribution in [1.29, 1.82) is 0 Å². The predicted molar refractivity (Wildman–Crippen MR) is 60.3 cm³/mol. The van der Waals surface area contributed by atoms with Crippen LogP contribution in [0.5, 0.6) is 6.01 Å². The molecule has 0 fully saturated rings. The molecule has 90 valence electrons. The Hall–Kier alpha value is -2.15. The van der Waals surface area contributed by atoms with Crippen molar-refractivity contribution in [3.05, 3.63) is 30.3 Å². The summed E-state index contributed by atoms with van der Waals surface area (Å²) in [4.78, 5) is 5.45. The van der Waals surface area contributed by atoms with Gasteiger partial charge in [-0.1, -0.05) is 28.4 Å². The number of benzene rings is 1. The number of rotatable bonds is 6. The highest BCUT2D eigenvalue weighted by Gasteiger charge is 2.10. The van der Waals surface area contributed by atoms with Crippen LogP contribution < -0.4 is 9.90 Å². The summed E-state index contributed by atoms with van der Waals surface area (Å²) in [5.74, 6) is 0. The van der Waals surface area contributed by atoms with Crippen molar-refractivity contribution in [2.45, 2.75) is 6.42 Å². The Bertz CT molecular complexity index is 420. The molecule has 0 bridgehead atoms. The minimum absolute atomic E-state index is 0.0962. The molecule has 0 saturated carbocycles. The summed E-state index contributed by atoms with van der Waals surface area (Å²) in [7, 11) is 0. The zero-order valence-corrected chi connectivity index (χ0v) is 9.15. The third-order valence-electron chi connectivity index (χ3n) is 2.08. The van der Waals surface area contributed by atoms with Crippen LogP contribution in [0.3, 0.4) is 0 Å². The molecule has 2 rings (SSSR count). The Morgan fingerprint density at radius 2 is 2.12 bits per heavy atom. The standard InChI is InChI=1S/C10H13N5O2/c16-8-4-7-15(9-5-2-1-3-6-9)17-10-11-13-14-12-10/h1-3,5-6,16H,4,7-8H2,(H,11,12,13,14). The highest BCUT2D eigenvalue weighted by atomic mass is 16.7. The van der Waals surface area contributed by atoms with E-state index >= 15 is 0 Å². The van der Waals surface area contributed by atoms with Gasteiger partial charge in [0.1, 0.15) is 0 Å². The van der Waals surface area contributed by atoms with Crippen molar-refractivity contribution in [1.82, 2.24) is 20.6 Å². The average molecular weight is 235 g/mol. The number of nitrogens with one attached hydrogen (secondary N) is 1. The molecule has 2 N–H and O–H groups in total. The molecular formula is C10H13N5O2. The van der Waals surface area contributed by atoms with E-state index in [1.165, 1.54) is 0 Å². The fourth-order valence-electron chi connectivity index (χ4n) is 1.33. The maximum absolute atomic E-state index is 8.86. The van der Waals surface area contributed by atoms with E-state index in [4.69, 9.17) is 9.94 Å². The molecule has 2 aromatic rings. The Labute approximate surface area is 98.0 Å². The van der Waals surface area contributed by atoms with Gasteiger partial charge in [0.25, 0.3) is 0 Å². The number of hydroxylamine groups is 1. The number of aliphatic hydroxyl groups is 1. The predicted octanol–water partition coefficient (Wildman–Crippen LogP) is 0.382. The van der Waals surface area contributed by atoms with Crippen molar-refractivity contribution < 1.29 is 9.94 Å². The molecule has 0 unspecified atom stereocenters. The summed E-state index contributed by atoms with van der Waals surface area (Å²) in [6.07, 6.45) is 0.590. The largest absolute Gasteiger partial charge is 0.396 e. The Kier molecular flexibility index (Phi) is 3.87. The number of para-hydroxylation sites is 1. The SMILES string of the molecule is OCCCN(Oc1nn[nH]n1)c1ccccc1. The van der Waals surface area contributed by atoms with Crippen molar-refractivity contribution in [2.24, 2.45) is 0 Å². The summed E-state index contributed by atoms with van der Waals surface area (Å²) in [6, 6.07) is 9.67. The summed E-state index contributed by atoms with van der Waals surface area (Å²) in [6.45, 7) is 0.633. The van der Waals surface area contributed by atoms with Gasteiger partial charge in [-0.05, 0) is 23.8 Å². The molecule has 0 atom stereocenters. The van der Waals surface area contributed by atoms with E-state index in [0.717, 1.165) is 5.69 Å². The second kappa shape index (κ2) is 5.80. The summed E-state index contributed by atoms with van der Waals surface area (Å²) in [5, 5.41) is 23.6. The lowest BCUT2D eigenvalue weighted by atomic mass is 10.3. The first-order chi connectivity index (χ1) is 8.40. The minimum atomic E-state index is 0.0962. The van der Waals surface area contributed by atoms with E-state index in [2.05, 4.69) is 20.6 Å². The number of aromatic amines is 1. The molecule has 0 aliphatic carbocycles. The lowest BCUT2D eigenvalue weighted by Crippen LogP contribution is -2.29. The number of aliphatic hydroxyl groups excluding tert-OH is 1. The normalized spacial score (nSPS) is 10.2. The number of nitrogens with zero attached hydrogens (tertiary/aromatic N) is 4. The van der Waals surface area contributed by atoms with Crippen LogP contribution >= 0.6 is 0 Å². The van der Waals surface area contributed by atoms with E-state index in [-0.39, 0.29) is 12.6 Å². The number of aromatic nitrogens is 4. The van der Waals surface area contributed by atoms with E-state index in [1.807, 2.05) is 30.3 Å². The number of H-pyrrole nitrogens is 1. The molecule has 17 heavy (non-hydrogen) atoms. The van der Waals surface area contributed by atoms with Crippen LogP contribution in [-0.2, 0) is 0 Å². The van der Waals surface area contributed by atoms with Gasteiger partial charge < -0.3 is 9.94 Å². The van der Waals surface area contributed by atoms with Crippen LogP contribution in [0.4, 0.5) is 5.69 Å². The fourth-order valence-corrected chi connectivity index (χ4v) is 1.33. The van der Waals surface area contributed by atoms with E-state index in [9.17, 15) is 0 Å². The number of anilines is 1. The second-order valence-electron chi connectivity index (χ2n) is 3.30. The highest BCUT2D eigenvalue weighted by Crippen LogP contribution is 2.14. The van der Waals surface area contributed by atoms with Crippen LogP contribution in [0.2, 0.25) is 0 Å². The van der Waals surface area contributed by atoms with Crippen LogP contribution in [0.25, 0.3) is 0 Å². The first kappa shape index (κ1) is 11.3. The molecule has 0 aliphatic heterocycles. The maximum atomic E-state index is 8.86. The molecule has 7 heteroatoms. The van der Waals surface area contributed by atoms with Gasteiger partial charge in [-0.2, -0.15) is 5.21 Å². The molecule has 0 spiro atoms. The van der Waals surface area contributed by atoms with Gasteiger partial charge in [-0.15, -0.1) is 0 Å². The molecule has 7 nitrogen and oxygen atoms in total. The number of hydrogen-bond acceptors (Lipinski definition) is 6. The van der Waals surface area contributed by atoms with Gasteiger partial charge in [0.05, 0.1) is 12.2 Å². The third kappa shape index (κ3) is 3.15. The van der Waals surface area contributed by atoms with Crippen LogP contribution in [0.1, 0.15) is 6.42 Å². The second-order valence-corrected chi connectivity index (χ2v) is 3.30. The molecule has 0 radical (unpaired) electrons. The quantitative estimate of drug-likeness (QED) is 0.704. The fraction of sp³-hybridized carbons (Fsp3) is 0.300. The topological polar surface area (TPSA) is 87.2 Å². The van der Waals surface area contributed by atoms with Gasteiger partial charge in [-0.25, -0.2) is 5.06 Å². The maximum Gasteiger partial charge on any atom is 0.381 e. The lowest BCUT2D eigenvalue weighted by molar-refractivity contribution is 0.231. The Morgan fingerprint density at radius 3 is 2.76 bits per heavy atom. The van der Waals surface area contributed by atoms with Crippen LogP contribution in [0.15, 0.2) is 30.3 Å². The summed E-state index contributed by atoms with van der Waals surface area (Å²) >= 11 is 0. The van der Waals surface area contributed by atoms with Crippen LogP contribution in [-0.4, -0.2) is 38.9 Å². The Morgan fingerprint density at radius 1 is 1.29 bits per heavy atom. The summed E-state index contributed by atoms with van der Waals surface area (Å²) in [5.41, 5.74) is 0.866. The van der Waals surface area contributed by atoms with Crippen molar-refractivity contribution in [3.63, 3.8) is 0 Å². The highest BCUT2D eigenvalue weighted by molar-refractivity contribution is 5.43. The monoisotopic (exact) mass is 235 g/mol. The van der Waals surface area contributed by atoms with Gasteiger partial charge >= 0.3 is 6.01 Å². The van der Waals surface area contributed by atoms with Gasteiger partial charge in [0, 0.05) is 6.61 Å². The zero-order valence-electron chi connectivity index (χ0n) is 9.15. The number of hydrogen-bond donors (Lipinski definition) is 2. The first-order valence-electron chi connectivity index (χ1n) is 5.25. The van der Waals surface area contributed by atoms with Crippen LogP contribution in [0, 0.1) is 0 Å². The molecule has 1 heterocycles. The Balaban J connectivity index is 2.08. The summed E-state index contributed by atoms with van der Waals surface area (Å²) < 4.78 is 0. The number of tetrazole rings is 1. The van der Waals surface area contributed by atoms with E-state index in [1.54, 1.807) is 5.06 Å². The smallest absolute Gasteiger partial charge is 0.381 e. The molecule has 0 saturated heterocycles. The molecule has 1 aromatic heterocycles. The molecular weight excluding hydrogens is 222 g/mol. The first-order valence-corrected chi connectivity index (χ1v) is 5.25. The van der Waals surface area contributed by atoms with Gasteiger partial charge in [0.15, 0.2) is 0 Å². The van der Waals surface area contributed by atoms with Crippen molar-refractivity contribution in [2.75, 3.05) is 18.2 Å². The lowest BCUT2D eigenvalue weighted by Gasteiger charge is -2.21. The molecule has 0 amide bonds. The van der Waals surface area contributed by atoms with E-state index in [0.29, 0.717) is 13.0 Å². The van der Waals surface area contributed by atoms with Crippen molar-refractivity contribution in [3.8, 4) is 6.01 Å². The van der Waals surface area contributed by atoms with E-state index < -0.39 is 0 Å². The minimum Gasteiger partial charge on any atom is -0.396 e.